The SMILES string of the molecule is COc1ccc2nccc([C@@H](O)CC[C@@H]3CCN(CCCSc4ccccc4)C[C@@H]3CC(=O)O)c2c1. The van der Waals surface area contributed by atoms with E-state index in [0.29, 0.717) is 12.3 Å². The van der Waals surface area contributed by atoms with Gasteiger partial charge in [0.2, 0.25) is 0 Å². The minimum atomic E-state index is -0.737. The molecule has 2 heterocycles. The summed E-state index contributed by atoms with van der Waals surface area (Å²) in [5.41, 5.74) is 1.68. The number of carbonyl (C=O) groups is 1. The molecule has 3 atom stereocenters. The summed E-state index contributed by atoms with van der Waals surface area (Å²) in [5.74, 6) is 1.47. The number of piperidine rings is 1. The van der Waals surface area contributed by atoms with Crippen LogP contribution in [0.2, 0.25) is 0 Å². The number of methoxy groups -OCH3 is 1. The number of likely N-dealkylation sites (tertiary alicyclic amines) is 1. The number of carboxylic acid groups (broad SMARTS) is 1. The van der Waals surface area contributed by atoms with Crippen molar-refractivity contribution in [2.75, 3.05) is 32.5 Å². The van der Waals surface area contributed by atoms with Gasteiger partial charge in [0, 0.05) is 29.4 Å². The van der Waals surface area contributed by atoms with Crippen molar-refractivity contribution in [3.8, 4) is 5.75 Å². The van der Waals surface area contributed by atoms with Crippen LogP contribution in [0.4, 0.5) is 0 Å². The molecule has 2 N–H and O–H groups in total. The number of aromatic nitrogens is 1. The van der Waals surface area contributed by atoms with Crippen molar-refractivity contribution in [1.82, 2.24) is 9.88 Å². The minimum Gasteiger partial charge on any atom is -0.497 e. The Bertz CT molecular complexity index is 1130. The summed E-state index contributed by atoms with van der Waals surface area (Å²) in [4.78, 5) is 19.7. The van der Waals surface area contributed by atoms with Gasteiger partial charge >= 0.3 is 5.97 Å². The van der Waals surface area contributed by atoms with Crippen molar-refractivity contribution >= 4 is 28.6 Å². The predicted octanol–water partition coefficient (Wildman–Crippen LogP) is 5.65. The van der Waals surface area contributed by atoms with E-state index in [1.165, 1.54) is 4.90 Å². The summed E-state index contributed by atoms with van der Waals surface area (Å²) >= 11 is 1.87. The fourth-order valence-electron chi connectivity index (χ4n) is 5.28. The lowest BCUT2D eigenvalue weighted by molar-refractivity contribution is -0.139. The Morgan fingerprint density at radius 2 is 2.03 bits per heavy atom. The van der Waals surface area contributed by atoms with Gasteiger partial charge in [0.25, 0.3) is 0 Å². The zero-order valence-electron chi connectivity index (χ0n) is 20.9. The summed E-state index contributed by atoms with van der Waals surface area (Å²) in [6.07, 6.45) is 4.76. The first-order valence-electron chi connectivity index (χ1n) is 12.8. The molecule has 6 nitrogen and oxygen atoms in total. The molecule has 0 bridgehead atoms. The number of rotatable bonds is 12. The largest absolute Gasteiger partial charge is 0.497 e. The average molecular weight is 509 g/mol. The summed E-state index contributed by atoms with van der Waals surface area (Å²) in [5, 5.41) is 21.5. The van der Waals surface area contributed by atoms with E-state index in [0.717, 1.165) is 66.9 Å². The molecule has 0 spiro atoms. The summed E-state index contributed by atoms with van der Waals surface area (Å²) in [7, 11) is 1.63. The van der Waals surface area contributed by atoms with Crippen molar-refractivity contribution in [1.29, 1.82) is 0 Å². The molecule has 7 heteroatoms. The van der Waals surface area contributed by atoms with Crippen molar-refractivity contribution < 1.29 is 19.7 Å². The normalized spacial score (nSPS) is 19.3. The zero-order chi connectivity index (χ0) is 25.3. The van der Waals surface area contributed by atoms with Gasteiger partial charge in [-0.1, -0.05) is 18.2 Å². The van der Waals surface area contributed by atoms with E-state index < -0.39 is 12.1 Å². The maximum atomic E-state index is 11.6. The fourth-order valence-corrected chi connectivity index (χ4v) is 6.14. The highest BCUT2D eigenvalue weighted by Crippen LogP contribution is 2.35. The number of fused-ring (bicyclic) bond motifs is 1. The van der Waals surface area contributed by atoms with Crippen LogP contribution in [0, 0.1) is 11.8 Å². The van der Waals surface area contributed by atoms with Crippen molar-refractivity contribution in [2.45, 2.75) is 43.1 Å². The van der Waals surface area contributed by atoms with Gasteiger partial charge in [0.05, 0.1) is 18.7 Å². The molecule has 0 saturated carbocycles. The number of carboxylic acids is 1. The molecule has 0 radical (unpaired) electrons. The van der Waals surface area contributed by atoms with Gasteiger partial charge in [0.15, 0.2) is 0 Å². The van der Waals surface area contributed by atoms with Crippen LogP contribution in [-0.4, -0.2) is 58.6 Å². The molecule has 1 saturated heterocycles. The smallest absolute Gasteiger partial charge is 0.303 e. The Morgan fingerprint density at radius 1 is 1.19 bits per heavy atom. The number of hydrogen-bond acceptors (Lipinski definition) is 6. The van der Waals surface area contributed by atoms with Crippen LogP contribution in [0.3, 0.4) is 0 Å². The van der Waals surface area contributed by atoms with Crippen molar-refractivity contribution in [2.24, 2.45) is 11.8 Å². The predicted molar refractivity (Wildman–Crippen MR) is 145 cm³/mol. The van der Waals surface area contributed by atoms with E-state index in [4.69, 9.17) is 4.74 Å². The first-order valence-corrected chi connectivity index (χ1v) is 13.7. The Morgan fingerprint density at radius 3 is 2.81 bits per heavy atom. The summed E-state index contributed by atoms with van der Waals surface area (Å²) in [6.45, 7) is 2.80. The number of pyridine rings is 1. The van der Waals surface area contributed by atoms with Crippen LogP contribution < -0.4 is 4.74 Å². The Labute approximate surface area is 217 Å². The third-order valence-corrected chi connectivity index (χ3v) is 8.29. The summed E-state index contributed by atoms with van der Waals surface area (Å²) < 4.78 is 5.36. The molecule has 3 aromatic rings. The molecule has 0 unspecified atom stereocenters. The van der Waals surface area contributed by atoms with E-state index in [-0.39, 0.29) is 12.3 Å². The van der Waals surface area contributed by atoms with Gasteiger partial charge in [-0.25, -0.2) is 0 Å². The molecular formula is C29H36N2O4S. The maximum absolute atomic E-state index is 11.6. The van der Waals surface area contributed by atoms with Crippen molar-refractivity contribution in [3.05, 3.63) is 66.4 Å². The van der Waals surface area contributed by atoms with Crippen LogP contribution in [0.5, 0.6) is 5.75 Å². The number of aliphatic carboxylic acids is 1. The Kier molecular flexibility index (Phi) is 9.61. The highest BCUT2D eigenvalue weighted by atomic mass is 32.2. The lowest BCUT2D eigenvalue weighted by Gasteiger charge is -2.38. The number of thioether (sulfide) groups is 1. The van der Waals surface area contributed by atoms with Gasteiger partial charge in [-0.15, -0.1) is 11.8 Å². The highest BCUT2D eigenvalue weighted by molar-refractivity contribution is 7.99. The number of nitrogens with zero attached hydrogens (tertiary/aromatic N) is 2. The molecule has 0 amide bonds. The third-order valence-electron chi connectivity index (χ3n) is 7.20. The number of aliphatic hydroxyl groups excluding tert-OH is 1. The van der Waals surface area contributed by atoms with Gasteiger partial charge in [-0.05, 0) is 98.3 Å². The number of aliphatic hydroxyl groups is 1. The standard InChI is InChI=1S/C29H36N2O4S/c1-35-23-9-10-27-26(19-23)25(12-14-30-27)28(32)11-8-21-13-16-31(20-22(21)18-29(33)34)15-5-17-36-24-6-3-2-4-7-24/h2-4,6-7,9-10,12,14,19,21-22,28,32H,5,8,11,13,15-18,20H2,1H3,(H,33,34)/t21-,22+,28+/m1/s1. The second-order valence-electron chi connectivity index (χ2n) is 9.60. The molecule has 1 fully saturated rings. The third kappa shape index (κ3) is 7.21. The van der Waals surface area contributed by atoms with E-state index >= 15 is 0 Å². The molecule has 4 rings (SSSR count). The minimum absolute atomic E-state index is 0.111. The summed E-state index contributed by atoms with van der Waals surface area (Å²) in [6, 6.07) is 18.0. The topological polar surface area (TPSA) is 82.9 Å². The number of benzene rings is 2. The second kappa shape index (κ2) is 13.1. The van der Waals surface area contributed by atoms with E-state index in [9.17, 15) is 15.0 Å². The van der Waals surface area contributed by atoms with Crippen LogP contribution in [0.15, 0.2) is 65.7 Å². The quantitative estimate of drug-likeness (QED) is 0.242. The molecule has 1 aliphatic rings. The monoisotopic (exact) mass is 508 g/mol. The molecule has 1 aliphatic heterocycles. The van der Waals surface area contributed by atoms with Crippen LogP contribution in [0.25, 0.3) is 10.9 Å². The van der Waals surface area contributed by atoms with Crippen molar-refractivity contribution in [3.63, 3.8) is 0 Å². The van der Waals surface area contributed by atoms with Crippen LogP contribution >= 0.6 is 11.8 Å². The Balaban J connectivity index is 1.31. The molecule has 0 aliphatic carbocycles. The zero-order valence-corrected chi connectivity index (χ0v) is 21.7. The molecule has 36 heavy (non-hydrogen) atoms. The first kappa shape index (κ1) is 26.5. The molecule has 1 aromatic heterocycles. The van der Waals surface area contributed by atoms with E-state index in [1.54, 1.807) is 13.3 Å². The van der Waals surface area contributed by atoms with Gasteiger partial charge in [0.1, 0.15) is 5.75 Å². The van der Waals surface area contributed by atoms with Crippen LogP contribution in [-0.2, 0) is 4.79 Å². The first-order chi connectivity index (χ1) is 17.5. The number of ether oxygens (including phenoxy) is 1. The lowest BCUT2D eigenvalue weighted by Crippen LogP contribution is -2.42. The molecule has 192 valence electrons. The Hall–Kier alpha value is -2.61. The fraction of sp³-hybridized carbons (Fsp3) is 0.448. The van der Waals surface area contributed by atoms with Crippen LogP contribution in [0.1, 0.15) is 43.8 Å². The number of hydrogen-bond donors (Lipinski definition) is 2. The average Bonchev–Trinajstić information content (AvgIpc) is 2.90. The lowest BCUT2D eigenvalue weighted by atomic mass is 9.79. The van der Waals surface area contributed by atoms with E-state index in [2.05, 4.69) is 34.1 Å². The molecule has 2 aromatic carbocycles. The van der Waals surface area contributed by atoms with Gasteiger partial charge in [-0.3, -0.25) is 9.78 Å². The second-order valence-corrected chi connectivity index (χ2v) is 10.8. The molecular weight excluding hydrogens is 472 g/mol. The van der Waals surface area contributed by atoms with Gasteiger partial charge in [-0.2, -0.15) is 0 Å². The van der Waals surface area contributed by atoms with Gasteiger partial charge < -0.3 is 19.8 Å². The maximum Gasteiger partial charge on any atom is 0.303 e. The highest BCUT2D eigenvalue weighted by Gasteiger charge is 2.31. The van der Waals surface area contributed by atoms with E-state index in [1.807, 2.05) is 42.1 Å².